The van der Waals surface area contributed by atoms with E-state index >= 15 is 0 Å². The van der Waals surface area contributed by atoms with Crippen molar-refractivity contribution in [3.05, 3.63) is 18.6 Å². The summed E-state index contributed by atoms with van der Waals surface area (Å²) < 4.78 is 0. The third-order valence-electron chi connectivity index (χ3n) is 1.94. The Balaban J connectivity index is 2.44. The lowest BCUT2D eigenvalue weighted by Crippen LogP contribution is -2.36. The fourth-order valence-electron chi connectivity index (χ4n) is 1.19. The number of hydrogen-bond donors (Lipinski definition) is 2. The number of nitrogens with zero attached hydrogens (tertiary/aromatic N) is 2. The molecule has 1 aliphatic rings. The maximum atomic E-state index is 4.07. The molecule has 1 heterocycles. The first-order valence-corrected chi connectivity index (χ1v) is 4.59. The molecule has 1 radical (unpaired) electrons. The van der Waals surface area contributed by atoms with E-state index in [1.165, 1.54) is 0 Å². The average Bonchev–Trinajstić information content (AvgIpc) is 2.21. The second-order valence-corrected chi connectivity index (χ2v) is 2.81. The Morgan fingerprint density at radius 1 is 1.62 bits per heavy atom. The molecule has 0 aromatic heterocycles. The van der Waals surface area contributed by atoms with Gasteiger partial charge in [-0.05, 0) is 14.0 Å². The van der Waals surface area contributed by atoms with Crippen LogP contribution in [0.5, 0.6) is 0 Å². The maximum absolute atomic E-state index is 4.07. The van der Waals surface area contributed by atoms with Gasteiger partial charge in [-0.3, -0.25) is 4.99 Å². The quantitative estimate of drug-likeness (QED) is 0.635. The highest BCUT2D eigenvalue weighted by Crippen LogP contribution is 2.02. The van der Waals surface area contributed by atoms with E-state index in [-0.39, 0.29) is 0 Å². The van der Waals surface area contributed by atoms with Crippen molar-refractivity contribution in [1.29, 1.82) is 0 Å². The molecule has 0 atom stereocenters. The van der Waals surface area contributed by atoms with Crippen LogP contribution in [0.15, 0.2) is 17.0 Å². The molecule has 73 valence electrons. The fourth-order valence-corrected chi connectivity index (χ4v) is 1.19. The van der Waals surface area contributed by atoms with Gasteiger partial charge in [0, 0.05) is 25.8 Å². The van der Waals surface area contributed by atoms with E-state index in [1.807, 2.05) is 19.8 Å². The summed E-state index contributed by atoms with van der Waals surface area (Å²) >= 11 is 0. The van der Waals surface area contributed by atoms with Gasteiger partial charge in [-0.25, -0.2) is 0 Å². The molecule has 0 spiro atoms. The fraction of sp³-hybridized carbons (Fsp3) is 0.556. The summed E-state index contributed by atoms with van der Waals surface area (Å²) in [6.45, 7) is 6.95. The van der Waals surface area contributed by atoms with Crippen molar-refractivity contribution in [3.8, 4) is 0 Å². The number of likely N-dealkylation sites (N-methyl/N-ethyl adjacent to an activating group) is 2. The lowest BCUT2D eigenvalue weighted by Gasteiger charge is -2.26. The van der Waals surface area contributed by atoms with Crippen LogP contribution in [0.1, 0.15) is 6.92 Å². The Hall–Kier alpha value is -1.03. The van der Waals surface area contributed by atoms with Crippen LogP contribution < -0.4 is 10.6 Å². The summed E-state index contributed by atoms with van der Waals surface area (Å²) in [4.78, 5) is 6.31. The second kappa shape index (κ2) is 5.59. The Kier molecular flexibility index (Phi) is 4.32. The lowest BCUT2D eigenvalue weighted by molar-refractivity contribution is 0.342. The summed E-state index contributed by atoms with van der Waals surface area (Å²) in [7, 11) is 1.96. The predicted molar refractivity (Wildman–Crippen MR) is 55.2 cm³/mol. The third-order valence-corrected chi connectivity index (χ3v) is 1.94. The first-order chi connectivity index (χ1) is 6.38. The van der Waals surface area contributed by atoms with E-state index in [9.17, 15) is 0 Å². The van der Waals surface area contributed by atoms with Crippen molar-refractivity contribution < 1.29 is 0 Å². The van der Waals surface area contributed by atoms with E-state index in [1.54, 1.807) is 6.21 Å². The SMILES string of the molecule is CCN(CCNC)C1=CN=C[CH]N1. The van der Waals surface area contributed by atoms with E-state index in [0.717, 1.165) is 25.5 Å². The van der Waals surface area contributed by atoms with Gasteiger partial charge in [-0.15, -0.1) is 0 Å². The second-order valence-electron chi connectivity index (χ2n) is 2.81. The normalized spacial score (nSPS) is 15.1. The Morgan fingerprint density at radius 2 is 2.46 bits per heavy atom. The molecule has 0 fully saturated rings. The Bertz CT molecular complexity index is 198. The Morgan fingerprint density at radius 3 is 3.00 bits per heavy atom. The van der Waals surface area contributed by atoms with Crippen molar-refractivity contribution in [1.82, 2.24) is 15.5 Å². The average molecular weight is 181 g/mol. The van der Waals surface area contributed by atoms with Gasteiger partial charge in [-0.2, -0.15) is 0 Å². The zero-order valence-corrected chi connectivity index (χ0v) is 8.25. The number of hydrogen-bond acceptors (Lipinski definition) is 4. The largest absolute Gasteiger partial charge is 0.360 e. The van der Waals surface area contributed by atoms with Gasteiger partial charge in [0.1, 0.15) is 5.82 Å². The Labute approximate surface area is 79.7 Å². The van der Waals surface area contributed by atoms with Gasteiger partial charge in [-0.1, -0.05) is 0 Å². The van der Waals surface area contributed by atoms with E-state index < -0.39 is 0 Å². The van der Waals surface area contributed by atoms with E-state index in [2.05, 4.69) is 27.4 Å². The van der Waals surface area contributed by atoms with Crippen LogP contribution in [-0.4, -0.2) is 37.8 Å². The van der Waals surface area contributed by atoms with Crippen LogP contribution in [-0.2, 0) is 0 Å². The van der Waals surface area contributed by atoms with Crippen LogP contribution in [0.3, 0.4) is 0 Å². The number of nitrogens with one attached hydrogen (secondary N) is 2. The van der Waals surface area contributed by atoms with Crippen molar-refractivity contribution >= 4 is 6.21 Å². The molecule has 0 aromatic rings. The highest BCUT2D eigenvalue weighted by atomic mass is 15.3. The first kappa shape index (κ1) is 10.1. The lowest BCUT2D eigenvalue weighted by atomic mass is 10.4. The van der Waals surface area contributed by atoms with Crippen molar-refractivity contribution in [2.24, 2.45) is 4.99 Å². The molecule has 0 amide bonds. The molecule has 0 unspecified atom stereocenters. The van der Waals surface area contributed by atoms with Crippen LogP contribution in [0, 0.1) is 6.54 Å². The van der Waals surface area contributed by atoms with Gasteiger partial charge in [0.25, 0.3) is 0 Å². The molecule has 4 heteroatoms. The molecule has 4 nitrogen and oxygen atoms in total. The minimum absolute atomic E-state index is 0.983. The monoisotopic (exact) mass is 181 g/mol. The summed E-state index contributed by atoms with van der Waals surface area (Å²) in [6, 6.07) is 0. The molecular weight excluding hydrogens is 164 g/mol. The van der Waals surface area contributed by atoms with Gasteiger partial charge < -0.3 is 15.5 Å². The molecule has 0 saturated carbocycles. The molecule has 0 bridgehead atoms. The minimum Gasteiger partial charge on any atom is -0.360 e. The van der Waals surface area contributed by atoms with Gasteiger partial charge in [0.05, 0.1) is 12.7 Å². The molecule has 0 aliphatic carbocycles. The molecule has 0 aromatic carbocycles. The minimum atomic E-state index is 0.983. The van der Waals surface area contributed by atoms with Gasteiger partial charge in [0.15, 0.2) is 0 Å². The van der Waals surface area contributed by atoms with Crippen LogP contribution in [0.2, 0.25) is 0 Å². The highest BCUT2D eigenvalue weighted by molar-refractivity contribution is 5.69. The first-order valence-electron chi connectivity index (χ1n) is 4.59. The molecule has 1 rings (SSSR count). The maximum Gasteiger partial charge on any atom is 0.121 e. The van der Waals surface area contributed by atoms with Crippen molar-refractivity contribution in [3.63, 3.8) is 0 Å². The third kappa shape index (κ3) is 3.06. The van der Waals surface area contributed by atoms with Crippen molar-refractivity contribution in [2.75, 3.05) is 26.7 Å². The zero-order chi connectivity index (χ0) is 9.52. The smallest absolute Gasteiger partial charge is 0.121 e. The standard InChI is InChI=1S/C9H17N4/c1-3-13(7-6-10-2)9-8-11-4-5-12-9/h4-5,8,10,12H,3,6-7H2,1-2H3. The summed E-state index contributed by atoms with van der Waals surface area (Å²) in [5.41, 5.74) is 0. The van der Waals surface area contributed by atoms with E-state index in [0.29, 0.717) is 0 Å². The summed E-state index contributed by atoms with van der Waals surface area (Å²) in [5.74, 6) is 1.07. The molecule has 1 aliphatic heterocycles. The van der Waals surface area contributed by atoms with Crippen molar-refractivity contribution in [2.45, 2.75) is 6.92 Å². The van der Waals surface area contributed by atoms with Crippen LogP contribution in [0.25, 0.3) is 0 Å². The molecule has 0 saturated heterocycles. The predicted octanol–water partition coefficient (Wildman–Crippen LogP) is 0.162. The summed E-state index contributed by atoms with van der Waals surface area (Å²) in [6.07, 6.45) is 3.59. The van der Waals surface area contributed by atoms with E-state index in [4.69, 9.17) is 0 Å². The van der Waals surface area contributed by atoms with Crippen LogP contribution >= 0.6 is 0 Å². The van der Waals surface area contributed by atoms with Crippen LogP contribution in [0.4, 0.5) is 0 Å². The van der Waals surface area contributed by atoms with Gasteiger partial charge in [0.2, 0.25) is 0 Å². The molecular formula is C9H17N4. The van der Waals surface area contributed by atoms with Gasteiger partial charge >= 0.3 is 0 Å². The number of rotatable bonds is 5. The highest BCUT2D eigenvalue weighted by Gasteiger charge is 2.07. The topological polar surface area (TPSA) is 39.7 Å². The zero-order valence-electron chi connectivity index (χ0n) is 8.25. The number of aliphatic imine (C=N–C) groups is 1. The molecule has 13 heavy (non-hydrogen) atoms. The summed E-state index contributed by atoms with van der Waals surface area (Å²) in [5, 5.41) is 6.29. The molecule has 2 N–H and O–H groups in total.